The SMILES string of the molecule is CCCCN=C(NN)N(CCC(C)C)C1CC1. The van der Waals surface area contributed by atoms with Crippen molar-refractivity contribution in [3.8, 4) is 0 Å². The summed E-state index contributed by atoms with van der Waals surface area (Å²) in [6, 6.07) is 0.671. The van der Waals surface area contributed by atoms with Gasteiger partial charge in [-0.15, -0.1) is 0 Å². The van der Waals surface area contributed by atoms with E-state index in [-0.39, 0.29) is 0 Å². The predicted octanol–water partition coefficient (Wildman–Crippen LogP) is 2.12. The van der Waals surface area contributed by atoms with E-state index in [1.165, 1.54) is 25.7 Å². The Morgan fingerprint density at radius 2 is 2.18 bits per heavy atom. The number of guanidine groups is 1. The smallest absolute Gasteiger partial charge is 0.208 e. The molecule has 1 aliphatic rings. The van der Waals surface area contributed by atoms with E-state index in [1.54, 1.807) is 0 Å². The molecule has 4 nitrogen and oxygen atoms in total. The molecule has 0 aliphatic heterocycles. The molecule has 0 radical (unpaired) electrons. The van der Waals surface area contributed by atoms with Crippen LogP contribution in [0.15, 0.2) is 4.99 Å². The largest absolute Gasteiger partial charge is 0.339 e. The van der Waals surface area contributed by atoms with Crippen LogP contribution in [-0.2, 0) is 0 Å². The first kappa shape index (κ1) is 14.3. The highest BCUT2D eigenvalue weighted by molar-refractivity contribution is 5.80. The molecule has 0 bridgehead atoms. The Hall–Kier alpha value is -0.770. The van der Waals surface area contributed by atoms with Gasteiger partial charge in [-0.25, -0.2) is 5.84 Å². The monoisotopic (exact) mass is 240 g/mol. The fourth-order valence-corrected chi connectivity index (χ4v) is 1.81. The zero-order valence-corrected chi connectivity index (χ0v) is 11.6. The lowest BCUT2D eigenvalue weighted by atomic mass is 10.1. The zero-order chi connectivity index (χ0) is 12.7. The van der Waals surface area contributed by atoms with Crippen molar-refractivity contribution in [2.75, 3.05) is 13.1 Å². The molecule has 4 heteroatoms. The summed E-state index contributed by atoms with van der Waals surface area (Å²) in [7, 11) is 0. The highest BCUT2D eigenvalue weighted by Crippen LogP contribution is 2.27. The lowest BCUT2D eigenvalue weighted by molar-refractivity contribution is 0.359. The second kappa shape index (κ2) is 7.54. The predicted molar refractivity (Wildman–Crippen MR) is 73.7 cm³/mol. The van der Waals surface area contributed by atoms with Crippen LogP contribution >= 0.6 is 0 Å². The normalized spacial score (nSPS) is 16.4. The highest BCUT2D eigenvalue weighted by atomic mass is 15.4. The van der Waals surface area contributed by atoms with Crippen LogP contribution in [0.1, 0.15) is 52.9 Å². The second-order valence-electron chi connectivity index (χ2n) is 5.31. The van der Waals surface area contributed by atoms with Crippen molar-refractivity contribution >= 4 is 5.96 Å². The van der Waals surface area contributed by atoms with E-state index in [0.29, 0.717) is 6.04 Å². The Balaban J connectivity index is 2.49. The molecule has 0 aromatic rings. The van der Waals surface area contributed by atoms with Gasteiger partial charge in [0.25, 0.3) is 0 Å². The summed E-state index contributed by atoms with van der Waals surface area (Å²) < 4.78 is 0. The standard InChI is InChI=1S/C13H28N4/c1-4-5-9-15-13(16-14)17(12-6-7-12)10-8-11(2)3/h11-12H,4-10,14H2,1-3H3,(H,15,16). The number of hydrazine groups is 1. The van der Waals surface area contributed by atoms with Gasteiger partial charge < -0.3 is 4.90 Å². The van der Waals surface area contributed by atoms with Crippen molar-refractivity contribution in [1.29, 1.82) is 0 Å². The van der Waals surface area contributed by atoms with Gasteiger partial charge in [0.05, 0.1) is 0 Å². The molecule has 0 spiro atoms. The van der Waals surface area contributed by atoms with Gasteiger partial charge >= 0.3 is 0 Å². The summed E-state index contributed by atoms with van der Waals surface area (Å²) in [5.74, 6) is 7.22. The van der Waals surface area contributed by atoms with Gasteiger partial charge in [-0.1, -0.05) is 27.2 Å². The van der Waals surface area contributed by atoms with Crippen LogP contribution in [0.5, 0.6) is 0 Å². The second-order valence-corrected chi connectivity index (χ2v) is 5.31. The first-order valence-corrected chi connectivity index (χ1v) is 6.96. The zero-order valence-electron chi connectivity index (χ0n) is 11.6. The number of hydrogen-bond donors (Lipinski definition) is 2. The minimum absolute atomic E-state index is 0.671. The van der Waals surface area contributed by atoms with Gasteiger partial charge in [0, 0.05) is 19.1 Å². The Morgan fingerprint density at radius 3 is 2.65 bits per heavy atom. The lowest BCUT2D eigenvalue weighted by Crippen LogP contribution is -2.46. The third kappa shape index (κ3) is 5.39. The Labute approximate surface area is 106 Å². The summed E-state index contributed by atoms with van der Waals surface area (Å²) >= 11 is 0. The Bertz CT molecular complexity index is 234. The maximum absolute atomic E-state index is 5.61. The summed E-state index contributed by atoms with van der Waals surface area (Å²) in [5.41, 5.74) is 2.78. The number of aliphatic imine (C=N–C) groups is 1. The molecule has 0 saturated heterocycles. The average Bonchev–Trinajstić information content (AvgIpc) is 3.11. The van der Waals surface area contributed by atoms with Crippen LogP contribution in [0.25, 0.3) is 0 Å². The molecule has 17 heavy (non-hydrogen) atoms. The number of rotatable bonds is 7. The summed E-state index contributed by atoms with van der Waals surface area (Å²) in [6.45, 7) is 8.64. The molecule has 0 unspecified atom stereocenters. The first-order valence-electron chi connectivity index (χ1n) is 6.96. The molecule has 1 saturated carbocycles. The molecule has 1 aliphatic carbocycles. The maximum atomic E-state index is 5.61. The van der Waals surface area contributed by atoms with Crippen LogP contribution < -0.4 is 11.3 Å². The number of nitrogens with one attached hydrogen (secondary N) is 1. The summed E-state index contributed by atoms with van der Waals surface area (Å²) in [6.07, 6.45) is 6.08. The van der Waals surface area contributed by atoms with Crippen molar-refractivity contribution < 1.29 is 0 Å². The third-order valence-corrected chi connectivity index (χ3v) is 3.11. The molecule has 0 amide bonds. The molecule has 0 aromatic heterocycles. The number of nitrogens with zero attached hydrogens (tertiary/aromatic N) is 2. The van der Waals surface area contributed by atoms with Crippen molar-refractivity contribution in [3.05, 3.63) is 0 Å². The molecular formula is C13H28N4. The quantitative estimate of drug-likeness (QED) is 0.236. The topological polar surface area (TPSA) is 53.6 Å². The van der Waals surface area contributed by atoms with E-state index in [1.807, 2.05) is 0 Å². The van der Waals surface area contributed by atoms with E-state index in [0.717, 1.165) is 31.4 Å². The van der Waals surface area contributed by atoms with Crippen LogP contribution in [-0.4, -0.2) is 30.0 Å². The number of hydrogen-bond acceptors (Lipinski definition) is 2. The van der Waals surface area contributed by atoms with Gasteiger partial charge in [-0.05, 0) is 31.6 Å². The van der Waals surface area contributed by atoms with Crippen molar-refractivity contribution in [2.24, 2.45) is 16.8 Å². The van der Waals surface area contributed by atoms with Gasteiger partial charge in [0.1, 0.15) is 0 Å². The van der Waals surface area contributed by atoms with Gasteiger partial charge in [-0.2, -0.15) is 0 Å². The van der Waals surface area contributed by atoms with E-state index in [4.69, 9.17) is 5.84 Å². The fraction of sp³-hybridized carbons (Fsp3) is 0.923. The van der Waals surface area contributed by atoms with Crippen LogP contribution in [0.3, 0.4) is 0 Å². The number of nitrogens with two attached hydrogens (primary N) is 1. The van der Waals surface area contributed by atoms with E-state index in [2.05, 4.69) is 36.1 Å². The third-order valence-electron chi connectivity index (χ3n) is 3.11. The number of unbranched alkanes of at least 4 members (excludes halogenated alkanes) is 1. The average molecular weight is 240 g/mol. The minimum atomic E-state index is 0.671. The van der Waals surface area contributed by atoms with Crippen LogP contribution in [0, 0.1) is 5.92 Å². The van der Waals surface area contributed by atoms with Crippen molar-refractivity contribution in [1.82, 2.24) is 10.3 Å². The molecule has 1 fully saturated rings. The first-order chi connectivity index (χ1) is 8.19. The fourth-order valence-electron chi connectivity index (χ4n) is 1.81. The van der Waals surface area contributed by atoms with Gasteiger partial charge in [0.2, 0.25) is 5.96 Å². The summed E-state index contributed by atoms with van der Waals surface area (Å²) in [4.78, 5) is 6.93. The molecule has 0 atom stereocenters. The van der Waals surface area contributed by atoms with Crippen LogP contribution in [0.2, 0.25) is 0 Å². The maximum Gasteiger partial charge on any atom is 0.208 e. The molecule has 0 heterocycles. The minimum Gasteiger partial charge on any atom is -0.339 e. The lowest BCUT2D eigenvalue weighted by Gasteiger charge is -2.26. The molecule has 0 aromatic carbocycles. The van der Waals surface area contributed by atoms with Gasteiger partial charge in [-0.3, -0.25) is 10.4 Å². The van der Waals surface area contributed by atoms with Crippen molar-refractivity contribution in [3.63, 3.8) is 0 Å². The van der Waals surface area contributed by atoms with Crippen LogP contribution in [0.4, 0.5) is 0 Å². The van der Waals surface area contributed by atoms with Crippen molar-refractivity contribution in [2.45, 2.75) is 58.9 Å². The van der Waals surface area contributed by atoms with Gasteiger partial charge in [0.15, 0.2) is 0 Å². The van der Waals surface area contributed by atoms with E-state index < -0.39 is 0 Å². The Morgan fingerprint density at radius 1 is 1.47 bits per heavy atom. The van der Waals surface area contributed by atoms with E-state index in [9.17, 15) is 0 Å². The highest BCUT2D eigenvalue weighted by Gasteiger charge is 2.30. The molecule has 3 N–H and O–H groups in total. The van der Waals surface area contributed by atoms with E-state index >= 15 is 0 Å². The molecular weight excluding hydrogens is 212 g/mol. The summed E-state index contributed by atoms with van der Waals surface area (Å²) in [5, 5.41) is 0. The Kier molecular flexibility index (Phi) is 6.34. The molecule has 1 rings (SSSR count). The molecule has 100 valence electrons.